The highest BCUT2D eigenvalue weighted by Gasteiger charge is 2.38. The molecule has 0 amide bonds. The number of piperidine rings is 1. The van der Waals surface area contributed by atoms with Gasteiger partial charge in [-0.05, 0) is 80.2 Å². The summed E-state index contributed by atoms with van der Waals surface area (Å²) in [6.07, 6.45) is -9.52. The van der Waals surface area contributed by atoms with Gasteiger partial charge in [-0.25, -0.2) is 0 Å². The van der Waals surface area contributed by atoms with Crippen molar-refractivity contribution in [1.29, 1.82) is 0 Å². The molecule has 38 heavy (non-hydrogen) atoms. The molecule has 2 aliphatic rings. The monoisotopic (exact) mass is 546 g/mol. The first-order valence-corrected chi connectivity index (χ1v) is 12.2. The molecule has 1 saturated heterocycles. The molecule has 0 aliphatic carbocycles. The van der Waals surface area contributed by atoms with Crippen LogP contribution in [-0.2, 0) is 23.7 Å². The molecule has 2 heterocycles. The number of fused-ring (bicyclic) bond motifs is 1. The predicted octanol–water partition coefficient (Wildman–Crippen LogP) is 5.56. The Kier molecular flexibility index (Phi) is 7.85. The number of nitrogens with one attached hydrogen (secondary N) is 1. The Hall–Kier alpha value is -2.99. The first-order valence-electron chi connectivity index (χ1n) is 12.2. The molecule has 12 heteroatoms. The Morgan fingerprint density at radius 3 is 2.37 bits per heavy atom. The van der Waals surface area contributed by atoms with Crippen LogP contribution in [0.3, 0.4) is 0 Å². The zero-order chi connectivity index (χ0) is 27.8. The molecule has 6 nitrogen and oxygen atoms in total. The lowest BCUT2D eigenvalue weighted by atomic mass is 9.88. The lowest BCUT2D eigenvalue weighted by Gasteiger charge is -2.39. The molecule has 0 bridgehead atoms. The summed E-state index contributed by atoms with van der Waals surface area (Å²) in [5, 5.41) is 22.9. The Balaban J connectivity index is 1.41. The number of likely N-dealkylation sites (tertiary alicyclic amines) is 1. The quantitative estimate of drug-likeness (QED) is 0.412. The molecule has 0 saturated carbocycles. The van der Waals surface area contributed by atoms with Crippen molar-refractivity contribution in [3.8, 4) is 5.75 Å². The fraction of sp³-hybridized carbons (Fsp3) is 0.500. The average molecular weight is 547 g/mol. The third-order valence-corrected chi connectivity index (χ3v) is 7.30. The number of carbonyl (C=O) groups is 1. The van der Waals surface area contributed by atoms with E-state index in [1.54, 1.807) is 23.1 Å². The number of anilines is 1. The highest BCUT2D eigenvalue weighted by molar-refractivity contribution is 5.71. The molecule has 1 unspecified atom stereocenters. The Labute approximate surface area is 215 Å². The van der Waals surface area contributed by atoms with Crippen LogP contribution in [0.15, 0.2) is 36.4 Å². The van der Waals surface area contributed by atoms with E-state index in [0.29, 0.717) is 67.7 Å². The second-order valence-corrected chi connectivity index (χ2v) is 9.87. The summed E-state index contributed by atoms with van der Waals surface area (Å²) in [6.45, 7) is 2.31. The van der Waals surface area contributed by atoms with Crippen LogP contribution in [0.1, 0.15) is 48.1 Å². The summed E-state index contributed by atoms with van der Waals surface area (Å²) in [7, 11) is 0. The standard InChI is InChI=1S/C26H28F6N2O4/c1-14(24(36)37)23(35)16-2-5-22-20(11-16)33-21(13-38-22)15-6-8-34(9-7-15)12-17-10-18(25(27,28)29)3-4-19(17)26(30,31)32/h2-5,10-11,14-15,21,23,33,35H,6-9,12-13H2,1H3,(H,36,37)/t14-,21?,23+/m0/s1. The number of aliphatic carboxylic acids is 1. The van der Waals surface area contributed by atoms with Gasteiger partial charge >= 0.3 is 18.3 Å². The first kappa shape index (κ1) is 28.0. The maximum atomic E-state index is 13.5. The van der Waals surface area contributed by atoms with Crippen molar-refractivity contribution in [2.75, 3.05) is 25.0 Å². The van der Waals surface area contributed by atoms with Crippen molar-refractivity contribution in [1.82, 2.24) is 4.90 Å². The van der Waals surface area contributed by atoms with E-state index in [-0.39, 0.29) is 18.5 Å². The normalized spacial score (nSPS) is 20.7. The number of aliphatic hydroxyl groups excluding tert-OH is 1. The van der Waals surface area contributed by atoms with Crippen molar-refractivity contribution in [3.63, 3.8) is 0 Å². The lowest BCUT2D eigenvalue weighted by molar-refractivity contribution is -0.145. The molecule has 3 atom stereocenters. The van der Waals surface area contributed by atoms with Crippen LogP contribution in [0.25, 0.3) is 0 Å². The third-order valence-electron chi connectivity index (χ3n) is 7.30. The zero-order valence-electron chi connectivity index (χ0n) is 20.4. The Bertz CT molecular complexity index is 1160. The maximum absolute atomic E-state index is 13.5. The zero-order valence-corrected chi connectivity index (χ0v) is 20.4. The molecule has 0 aromatic heterocycles. The van der Waals surface area contributed by atoms with E-state index >= 15 is 0 Å². The SMILES string of the molecule is C[C@H](C(=O)O)[C@@H](O)c1ccc2c(c1)NC(C1CCN(Cc3cc(C(F)(F)F)ccc3C(F)(F)F)CC1)CO2. The number of carboxylic acid groups (broad SMARTS) is 1. The summed E-state index contributed by atoms with van der Waals surface area (Å²) in [5.74, 6) is -1.49. The molecule has 0 radical (unpaired) electrons. The van der Waals surface area contributed by atoms with Gasteiger partial charge in [0.1, 0.15) is 12.4 Å². The number of carboxylic acids is 1. The van der Waals surface area contributed by atoms with Crippen LogP contribution >= 0.6 is 0 Å². The molecule has 4 rings (SSSR count). The number of hydrogen-bond acceptors (Lipinski definition) is 5. The van der Waals surface area contributed by atoms with Gasteiger partial charge in [-0.2, -0.15) is 26.3 Å². The number of ether oxygens (including phenoxy) is 1. The van der Waals surface area contributed by atoms with Gasteiger partial charge in [0.25, 0.3) is 0 Å². The van der Waals surface area contributed by atoms with Gasteiger partial charge in [-0.1, -0.05) is 6.07 Å². The molecule has 2 aromatic rings. The van der Waals surface area contributed by atoms with Crippen LogP contribution < -0.4 is 10.1 Å². The van der Waals surface area contributed by atoms with Crippen LogP contribution in [0.4, 0.5) is 32.0 Å². The van der Waals surface area contributed by atoms with Crippen LogP contribution in [0.5, 0.6) is 5.75 Å². The number of alkyl halides is 6. The second-order valence-electron chi connectivity index (χ2n) is 9.87. The van der Waals surface area contributed by atoms with Crippen LogP contribution in [0, 0.1) is 11.8 Å². The van der Waals surface area contributed by atoms with Crippen LogP contribution in [-0.4, -0.2) is 46.8 Å². The smallest absolute Gasteiger partial charge is 0.416 e. The number of aliphatic hydroxyl groups is 1. The minimum absolute atomic E-state index is 0.0921. The second kappa shape index (κ2) is 10.6. The molecule has 2 aromatic carbocycles. The first-order chi connectivity index (χ1) is 17.7. The lowest BCUT2D eigenvalue weighted by Crippen LogP contribution is -2.44. The summed E-state index contributed by atoms with van der Waals surface area (Å²) in [5.41, 5.74) is -1.55. The Morgan fingerprint density at radius 1 is 1.08 bits per heavy atom. The number of nitrogens with zero attached hydrogens (tertiary/aromatic N) is 1. The molecule has 0 spiro atoms. The van der Waals surface area contributed by atoms with Gasteiger partial charge in [0.05, 0.1) is 34.9 Å². The van der Waals surface area contributed by atoms with Gasteiger partial charge in [0.15, 0.2) is 0 Å². The van der Waals surface area contributed by atoms with Gasteiger partial charge in [0, 0.05) is 6.54 Å². The van der Waals surface area contributed by atoms with Crippen molar-refractivity contribution in [2.45, 2.75) is 50.8 Å². The van der Waals surface area contributed by atoms with E-state index in [2.05, 4.69) is 5.32 Å². The molecular weight excluding hydrogens is 518 g/mol. The van der Waals surface area contributed by atoms with Crippen molar-refractivity contribution >= 4 is 11.7 Å². The van der Waals surface area contributed by atoms with E-state index in [9.17, 15) is 41.4 Å². The highest BCUT2D eigenvalue weighted by Crippen LogP contribution is 2.39. The number of rotatable bonds is 6. The summed E-state index contributed by atoms with van der Waals surface area (Å²) < 4.78 is 85.6. The summed E-state index contributed by atoms with van der Waals surface area (Å²) in [4.78, 5) is 12.9. The van der Waals surface area contributed by atoms with Crippen molar-refractivity contribution in [2.24, 2.45) is 11.8 Å². The fourth-order valence-corrected chi connectivity index (χ4v) is 5.00. The summed E-state index contributed by atoms with van der Waals surface area (Å²) >= 11 is 0. The minimum atomic E-state index is -4.76. The minimum Gasteiger partial charge on any atom is -0.489 e. The van der Waals surface area contributed by atoms with E-state index in [1.165, 1.54) is 6.92 Å². The number of hydrogen-bond donors (Lipinski definition) is 3. The maximum Gasteiger partial charge on any atom is 0.416 e. The van der Waals surface area contributed by atoms with E-state index in [0.717, 1.165) is 0 Å². The predicted molar refractivity (Wildman–Crippen MR) is 126 cm³/mol. The van der Waals surface area contributed by atoms with Crippen LogP contribution in [0.2, 0.25) is 0 Å². The molecule has 3 N–H and O–H groups in total. The van der Waals surface area contributed by atoms with E-state index < -0.39 is 47.0 Å². The molecule has 2 aliphatic heterocycles. The fourth-order valence-electron chi connectivity index (χ4n) is 5.00. The van der Waals surface area contributed by atoms with E-state index in [4.69, 9.17) is 4.74 Å². The molecular formula is C26H28F6N2O4. The third kappa shape index (κ3) is 6.17. The highest BCUT2D eigenvalue weighted by atomic mass is 19.4. The van der Waals surface area contributed by atoms with Gasteiger partial charge in [-0.3, -0.25) is 9.69 Å². The number of halogens is 6. The molecule has 208 valence electrons. The molecule has 1 fully saturated rings. The van der Waals surface area contributed by atoms with E-state index in [1.807, 2.05) is 0 Å². The average Bonchev–Trinajstić information content (AvgIpc) is 2.86. The Morgan fingerprint density at radius 2 is 1.76 bits per heavy atom. The van der Waals surface area contributed by atoms with Gasteiger partial charge in [-0.15, -0.1) is 0 Å². The van der Waals surface area contributed by atoms with Crippen molar-refractivity contribution in [3.05, 3.63) is 58.7 Å². The number of benzene rings is 2. The van der Waals surface area contributed by atoms with Gasteiger partial charge < -0.3 is 20.3 Å². The van der Waals surface area contributed by atoms with Gasteiger partial charge in [0.2, 0.25) is 0 Å². The largest absolute Gasteiger partial charge is 0.489 e. The van der Waals surface area contributed by atoms with Crippen molar-refractivity contribution < 1.29 is 46.1 Å². The summed E-state index contributed by atoms with van der Waals surface area (Å²) in [6, 6.07) is 6.31. The topological polar surface area (TPSA) is 82.0 Å².